The first-order chi connectivity index (χ1) is 14.4. The van der Waals surface area contributed by atoms with Crippen molar-refractivity contribution in [3.63, 3.8) is 0 Å². The van der Waals surface area contributed by atoms with Gasteiger partial charge >= 0.3 is 0 Å². The highest BCUT2D eigenvalue weighted by Crippen LogP contribution is 2.21. The van der Waals surface area contributed by atoms with Gasteiger partial charge in [-0.25, -0.2) is 4.39 Å². The van der Waals surface area contributed by atoms with Crippen LogP contribution in [0.4, 0.5) is 10.1 Å². The average Bonchev–Trinajstić information content (AvgIpc) is 3.42. The molecular weight excluding hydrogens is 409 g/mol. The molecule has 9 heteroatoms. The highest BCUT2D eigenvalue weighted by Gasteiger charge is 2.15. The Hall–Kier alpha value is -3.39. The second-order valence-corrected chi connectivity index (χ2v) is 7.26. The van der Waals surface area contributed by atoms with E-state index in [1.165, 1.54) is 12.3 Å². The molecule has 1 N–H and O–H groups in total. The van der Waals surface area contributed by atoms with Crippen molar-refractivity contribution in [3.05, 3.63) is 88.1 Å². The molecule has 1 aromatic carbocycles. The predicted molar refractivity (Wildman–Crippen MR) is 110 cm³/mol. The van der Waals surface area contributed by atoms with Gasteiger partial charge in [-0.05, 0) is 32.0 Å². The Morgan fingerprint density at radius 3 is 2.73 bits per heavy atom. The molecule has 1 amide bonds. The molecule has 4 aromatic rings. The van der Waals surface area contributed by atoms with Crippen molar-refractivity contribution >= 4 is 23.2 Å². The zero-order valence-corrected chi connectivity index (χ0v) is 17.2. The number of halogens is 2. The maximum Gasteiger partial charge on any atom is 0.291 e. The molecule has 30 heavy (non-hydrogen) atoms. The molecule has 0 saturated heterocycles. The Balaban J connectivity index is 1.41. The summed E-state index contributed by atoms with van der Waals surface area (Å²) in [6, 6.07) is 9.81. The van der Waals surface area contributed by atoms with Gasteiger partial charge in [0.2, 0.25) is 0 Å². The van der Waals surface area contributed by atoms with E-state index in [0.717, 1.165) is 11.4 Å². The number of carbonyl (C=O) groups excluding carboxylic acids is 1. The second kappa shape index (κ2) is 8.16. The molecule has 0 aliphatic carbocycles. The molecule has 7 nitrogen and oxygen atoms in total. The van der Waals surface area contributed by atoms with Crippen molar-refractivity contribution in [3.8, 4) is 0 Å². The summed E-state index contributed by atoms with van der Waals surface area (Å²) in [6.07, 6.45) is 3.13. The van der Waals surface area contributed by atoms with Crippen LogP contribution in [0.25, 0.3) is 0 Å². The van der Waals surface area contributed by atoms with Crippen molar-refractivity contribution in [2.24, 2.45) is 0 Å². The van der Waals surface area contributed by atoms with E-state index in [4.69, 9.17) is 16.0 Å². The molecule has 154 valence electrons. The van der Waals surface area contributed by atoms with E-state index < -0.39 is 5.91 Å². The van der Waals surface area contributed by atoms with Gasteiger partial charge in [0, 0.05) is 11.8 Å². The van der Waals surface area contributed by atoms with Crippen LogP contribution in [0.2, 0.25) is 5.02 Å². The zero-order chi connectivity index (χ0) is 21.3. The maximum atomic E-state index is 13.8. The lowest BCUT2D eigenvalue weighted by molar-refractivity contribution is 0.0994. The first kappa shape index (κ1) is 19.9. The van der Waals surface area contributed by atoms with Gasteiger partial charge in [0.1, 0.15) is 11.6 Å². The molecule has 0 spiro atoms. The third-order valence-corrected chi connectivity index (χ3v) is 5.21. The maximum absolute atomic E-state index is 13.8. The molecule has 4 rings (SSSR count). The minimum absolute atomic E-state index is 0.166. The summed E-state index contributed by atoms with van der Waals surface area (Å²) in [5.41, 5.74) is 2.57. The third kappa shape index (κ3) is 4.13. The van der Waals surface area contributed by atoms with Crippen LogP contribution in [0.3, 0.4) is 0 Å². The van der Waals surface area contributed by atoms with E-state index in [1.54, 1.807) is 45.9 Å². The fourth-order valence-corrected chi connectivity index (χ4v) is 3.21. The lowest BCUT2D eigenvalue weighted by atomic mass is 10.2. The highest BCUT2D eigenvalue weighted by molar-refractivity contribution is 6.31. The van der Waals surface area contributed by atoms with Crippen LogP contribution >= 0.6 is 11.6 Å². The van der Waals surface area contributed by atoms with Crippen LogP contribution in [0, 0.1) is 19.7 Å². The molecule has 0 saturated carbocycles. The molecule has 3 aromatic heterocycles. The van der Waals surface area contributed by atoms with Crippen LogP contribution in [0.1, 0.15) is 33.3 Å². The lowest BCUT2D eigenvalue weighted by Crippen LogP contribution is -2.10. The van der Waals surface area contributed by atoms with Gasteiger partial charge in [-0.1, -0.05) is 29.8 Å². The van der Waals surface area contributed by atoms with E-state index in [-0.39, 0.29) is 18.1 Å². The molecular formula is C21H19ClFN5O2. The predicted octanol–water partition coefficient (Wildman–Crippen LogP) is 4.43. The minimum Gasteiger partial charge on any atom is -0.454 e. The van der Waals surface area contributed by atoms with Gasteiger partial charge in [-0.3, -0.25) is 14.2 Å². The molecule has 0 fully saturated rings. The fourth-order valence-electron chi connectivity index (χ4n) is 3.07. The lowest BCUT2D eigenvalue weighted by Gasteiger charge is -2.03. The van der Waals surface area contributed by atoms with E-state index in [1.807, 2.05) is 13.8 Å². The van der Waals surface area contributed by atoms with E-state index in [0.29, 0.717) is 28.6 Å². The Morgan fingerprint density at radius 1 is 1.20 bits per heavy atom. The molecule has 0 aliphatic rings. The molecule has 0 bridgehead atoms. The molecule has 0 aliphatic heterocycles. The zero-order valence-electron chi connectivity index (χ0n) is 16.4. The Morgan fingerprint density at radius 2 is 2.00 bits per heavy atom. The summed E-state index contributed by atoms with van der Waals surface area (Å²) in [7, 11) is 0. The first-order valence-corrected chi connectivity index (χ1v) is 9.64. The SMILES string of the molecule is Cc1nn(Cc2ccc(C(=O)Nc3cnn(Cc4ccccc4F)c3)o2)c(C)c1Cl. The second-order valence-electron chi connectivity index (χ2n) is 6.88. The van der Waals surface area contributed by atoms with Gasteiger partial charge in [0.25, 0.3) is 5.91 Å². The van der Waals surface area contributed by atoms with Crippen LogP contribution in [0.5, 0.6) is 0 Å². The van der Waals surface area contributed by atoms with E-state index >= 15 is 0 Å². The summed E-state index contributed by atoms with van der Waals surface area (Å²) in [5.74, 6) is 0.0424. The van der Waals surface area contributed by atoms with Gasteiger partial charge in [-0.15, -0.1) is 0 Å². The fraction of sp³-hybridized carbons (Fsp3) is 0.190. The monoisotopic (exact) mass is 427 g/mol. The van der Waals surface area contributed by atoms with Crippen LogP contribution < -0.4 is 5.32 Å². The first-order valence-electron chi connectivity index (χ1n) is 9.26. The summed E-state index contributed by atoms with van der Waals surface area (Å²) in [4.78, 5) is 12.5. The van der Waals surface area contributed by atoms with Gasteiger partial charge in [0.05, 0.1) is 41.4 Å². The number of furan rings is 1. The number of anilines is 1. The van der Waals surface area contributed by atoms with Gasteiger partial charge in [-0.2, -0.15) is 10.2 Å². The van der Waals surface area contributed by atoms with Crippen molar-refractivity contribution in [2.75, 3.05) is 5.32 Å². The van der Waals surface area contributed by atoms with Crippen LogP contribution in [-0.2, 0) is 13.1 Å². The van der Waals surface area contributed by atoms with Crippen LogP contribution in [-0.4, -0.2) is 25.5 Å². The Labute approximate surface area is 177 Å². The number of benzene rings is 1. The molecule has 0 atom stereocenters. The number of hydrogen-bond acceptors (Lipinski definition) is 4. The molecule has 0 radical (unpaired) electrons. The molecule has 0 unspecified atom stereocenters. The standard InChI is InChI=1S/C21H19ClFN5O2/c1-13-20(22)14(2)28(26-13)12-17-7-8-19(30-17)21(29)25-16-9-24-27(11-16)10-15-5-3-4-6-18(15)23/h3-9,11H,10,12H2,1-2H3,(H,25,29). The number of aryl methyl sites for hydroxylation is 1. The Kier molecular flexibility index (Phi) is 5.41. The number of nitrogens with one attached hydrogen (secondary N) is 1. The summed E-state index contributed by atoms with van der Waals surface area (Å²) < 4.78 is 22.7. The summed E-state index contributed by atoms with van der Waals surface area (Å²) in [6.45, 7) is 4.34. The summed E-state index contributed by atoms with van der Waals surface area (Å²) >= 11 is 6.17. The van der Waals surface area contributed by atoms with E-state index in [2.05, 4.69) is 15.5 Å². The number of rotatable bonds is 6. The van der Waals surface area contributed by atoms with E-state index in [9.17, 15) is 9.18 Å². The Bertz CT molecular complexity index is 1210. The normalized spacial score (nSPS) is 11.1. The topological polar surface area (TPSA) is 77.9 Å². The van der Waals surface area contributed by atoms with Crippen molar-refractivity contribution < 1.29 is 13.6 Å². The largest absolute Gasteiger partial charge is 0.454 e. The number of carbonyl (C=O) groups is 1. The van der Waals surface area contributed by atoms with Crippen LogP contribution in [0.15, 0.2) is 53.2 Å². The number of amides is 1. The minimum atomic E-state index is -0.405. The number of aromatic nitrogens is 4. The van der Waals surface area contributed by atoms with Gasteiger partial charge < -0.3 is 9.73 Å². The number of nitrogens with zero attached hydrogens (tertiary/aromatic N) is 4. The third-order valence-electron chi connectivity index (χ3n) is 4.67. The van der Waals surface area contributed by atoms with Crippen molar-refractivity contribution in [2.45, 2.75) is 26.9 Å². The highest BCUT2D eigenvalue weighted by atomic mass is 35.5. The quantitative estimate of drug-likeness (QED) is 0.493. The average molecular weight is 428 g/mol. The number of hydrogen-bond donors (Lipinski definition) is 1. The summed E-state index contributed by atoms with van der Waals surface area (Å²) in [5, 5.41) is 11.9. The van der Waals surface area contributed by atoms with Crippen molar-refractivity contribution in [1.82, 2.24) is 19.6 Å². The molecule has 3 heterocycles. The van der Waals surface area contributed by atoms with Crippen molar-refractivity contribution in [1.29, 1.82) is 0 Å². The smallest absolute Gasteiger partial charge is 0.291 e. The van der Waals surface area contributed by atoms with Gasteiger partial charge in [0.15, 0.2) is 5.76 Å².